The summed E-state index contributed by atoms with van der Waals surface area (Å²) in [5.41, 5.74) is 5.84. The van der Waals surface area contributed by atoms with Crippen LogP contribution < -0.4 is 5.73 Å². The normalized spacial score (nSPS) is 23.0. The summed E-state index contributed by atoms with van der Waals surface area (Å²) in [4.78, 5) is 46.8. The van der Waals surface area contributed by atoms with E-state index in [-0.39, 0.29) is 24.3 Å². The van der Waals surface area contributed by atoms with Crippen LogP contribution in [0, 0.1) is 11.8 Å². The van der Waals surface area contributed by atoms with Crippen LogP contribution in [0.4, 0.5) is 4.79 Å². The number of primary amides is 1. The predicted molar refractivity (Wildman–Crippen MR) is 171 cm³/mol. The summed E-state index contributed by atoms with van der Waals surface area (Å²) in [5.74, 6) is -3.96. The van der Waals surface area contributed by atoms with Crippen molar-refractivity contribution in [3.63, 3.8) is 0 Å². The number of halogens is 1. The molecule has 1 aliphatic rings. The quantitative estimate of drug-likeness (QED) is 0.0539. The van der Waals surface area contributed by atoms with Gasteiger partial charge in [0.2, 0.25) is 0 Å². The van der Waals surface area contributed by atoms with E-state index in [0.29, 0.717) is 12.8 Å². The fraction of sp³-hybridized carbons (Fsp3) is 0.515. The van der Waals surface area contributed by atoms with Gasteiger partial charge in [0.15, 0.2) is 5.78 Å². The Balaban J connectivity index is 2.61. The molecule has 13 heteroatoms. The minimum Gasteiger partial charge on any atom is -0.481 e. The number of amides is 1. The molecule has 256 valence electrons. The third kappa shape index (κ3) is 15.6. The highest BCUT2D eigenvalue weighted by atomic mass is 35.5. The van der Waals surface area contributed by atoms with Crippen LogP contribution in [0.5, 0.6) is 0 Å². The molecule has 0 saturated heterocycles. The molecule has 0 heterocycles. The zero-order chi connectivity index (χ0) is 34.8. The molecular formula is C33H46ClNO11. The molecular weight excluding hydrogens is 622 g/mol. The Hall–Kier alpha value is -3.55. The number of Topliss-reactive ketones (excluding diaryl/α,β-unsaturated/α-hetero) is 1. The second-order valence-electron chi connectivity index (χ2n) is 11.1. The van der Waals surface area contributed by atoms with Crippen molar-refractivity contribution in [3.05, 3.63) is 71.4 Å². The van der Waals surface area contributed by atoms with Crippen LogP contribution in [-0.2, 0) is 23.9 Å². The molecule has 0 aromatic heterocycles. The largest absolute Gasteiger partial charge is 0.481 e. The van der Waals surface area contributed by atoms with Crippen LogP contribution in [0.1, 0.15) is 59.3 Å². The Morgan fingerprint density at radius 2 is 1.67 bits per heavy atom. The third-order valence-electron chi connectivity index (χ3n) is 7.20. The molecule has 1 saturated carbocycles. The van der Waals surface area contributed by atoms with E-state index in [1.807, 2.05) is 6.92 Å². The number of esters is 1. The van der Waals surface area contributed by atoms with E-state index in [0.717, 1.165) is 5.57 Å². The molecule has 7 N–H and O–H groups in total. The second kappa shape index (κ2) is 21.3. The van der Waals surface area contributed by atoms with Gasteiger partial charge < -0.3 is 40.7 Å². The molecule has 0 radical (unpaired) electrons. The number of aliphatic hydroxyl groups is 4. The average molecular weight is 668 g/mol. The molecule has 0 spiro atoms. The summed E-state index contributed by atoms with van der Waals surface area (Å²) in [6.07, 6.45) is 8.08. The van der Waals surface area contributed by atoms with E-state index in [1.54, 1.807) is 49.5 Å². The van der Waals surface area contributed by atoms with Gasteiger partial charge in [-0.15, -0.1) is 0 Å². The summed E-state index contributed by atoms with van der Waals surface area (Å²) >= 11 is 6.27. The van der Waals surface area contributed by atoms with Crippen molar-refractivity contribution in [2.45, 2.75) is 95.9 Å². The number of rotatable bonds is 18. The third-order valence-corrected chi connectivity index (χ3v) is 7.67. The van der Waals surface area contributed by atoms with E-state index in [4.69, 9.17) is 31.9 Å². The van der Waals surface area contributed by atoms with Gasteiger partial charge in [-0.2, -0.15) is 0 Å². The highest BCUT2D eigenvalue weighted by Crippen LogP contribution is 2.27. The highest BCUT2D eigenvalue weighted by Gasteiger charge is 2.35. The lowest BCUT2D eigenvalue weighted by molar-refractivity contribution is -0.159. The molecule has 1 unspecified atom stereocenters. The van der Waals surface area contributed by atoms with E-state index in [2.05, 4.69) is 0 Å². The van der Waals surface area contributed by atoms with Crippen LogP contribution >= 0.6 is 11.6 Å². The molecule has 1 rings (SSSR count). The highest BCUT2D eigenvalue weighted by molar-refractivity contribution is 6.30. The molecule has 1 fully saturated rings. The second-order valence-corrected chi connectivity index (χ2v) is 11.5. The number of carboxylic acid groups (broad SMARTS) is 1. The molecule has 1 aliphatic carbocycles. The first-order valence-corrected chi connectivity index (χ1v) is 15.4. The fourth-order valence-electron chi connectivity index (χ4n) is 4.49. The number of aliphatic carboxylic acids is 1. The van der Waals surface area contributed by atoms with E-state index < -0.39 is 78.7 Å². The van der Waals surface area contributed by atoms with Gasteiger partial charge in [-0.1, -0.05) is 73.6 Å². The van der Waals surface area contributed by atoms with Crippen molar-refractivity contribution < 1.29 is 54.2 Å². The van der Waals surface area contributed by atoms with Crippen molar-refractivity contribution in [1.82, 2.24) is 0 Å². The Labute approximate surface area is 274 Å². The van der Waals surface area contributed by atoms with Crippen molar-refractivity contribution in [2.75, 3.05) is 0 Å². The summed E-state index contributed by atoms with van der Waals surface area (Å²) < 4.78 is 10.1. The predicted octanol–water partition coefficient (Wildman–Crippen LogP) is 3.38. The summed E-state index contributed by atoms with van der Waals surface area (Å²) in [5, 5.41) is 50.5. The molecule has 0 aromatic carbocycles. The monoisotopic (exact) mass is 667 g/mol. The maximum absolute atomic E-state index is 12.5. The maximum Gasteiger partial charge on any atom is 0.405 e. The van der Waals surface area contributed by atoms with Gasteiger partial charge in [0.1, 0.15) is 18.3 Å². The van der Waals surface area contributed by atoms with E-state index in [9.17, 15) is 39.6 Å². The number of carboxylic acids is 1. The minimum absolute atomic E-state index is 0.0634. The Kier molecular flexibility index (Phi) is 18.7. The van der Waals surface area contributed by atoms with Crippen molar-refractivity contribution in [2.24, 2.45) is 17.6 Å². The number of hydrogen-bond acceptors (Lipinski definition) is 10. The number of carbonyl (C=O) groups is 4. The Morgan fingerprint density at radius 3 is 2.30 bits per heavy atom. The van der Waals surface area contributed by atoms with Crippen molar-refractivity contribution in [1.29, 1.82) is 0 Å². The lowest BCUT2D eigenvalue weighted by Gasteiger charge is -2.30. The SMILES string of the molecule is CC/C=C/C(C[C@H](O)CC(=O)[C@@H](O)[C@H](O)[C@H](C)/C(Cl)=C/C=C/C=C(C)/C=C/C=C/C(=O)O[C@@H]1C[C@@H](C(=O)O)CC[C@@H]1O)OC(N)=O. The van der Waals surface area contributed by atoms with Crippen molar-refractivity contribution in [3.8, 4) is 0 Å². The van der Waals surface area contributed by atoms with Crippen LogP contribution in [0.25, 0.3) is 0 Å². The number of carbonyl (C=O) groups excluding carboxylic acids is 3. The number of ketones is 1. The number of allylic oxidation sites excluding steroid dienone is 9. The lowest BCUT2D eigenvalue weighted by Crippen LogP contribution is -2.40. The zero-order valence-electron chi connectivity index (χ0n) is 26.3. The first-order chi connectivity index (χ1) is 21.7. The maximum atomic E-state index is 12.5. The summed E-state index contributed by atoms with van der Waals surface area (Å²) in [6.45, 7) is 5.19. The molecule has 0 aromatic rings. The Bertz CT molecular complexity index is 1210. The van der Waals surface area contributed by atoms with Crippen molar-refractivity contribution >= 4 is 35.4 Å². The zero-order valence-corrected chi connectivity index (χ0v) is 27.0. The topological polar surface area (TPSA) is 214 Å². The van der Waals surface area contributed by atoms with Gasteiger partial charge in [-0.05, 0) is 38.3 Å². The van der Waals surface area contributed by atoms with Gasteiger partial charge in [0.05, 0.1) is 24.2 Å². The summed E-state index contributed by atoms with van der Waals surface area (Å²) in [7, 11) is 0. The smallest absolute Gasteiger partial charge is 0.405 e. The average Bonchev–Trinajstić information content (AvgIpc) is 2.99. The molecule has 8 atom stereocenters. The van der Waals surface area contributed by atoms with E-state index in [1.165, 1.54) is 25.2 Å². The van der Waals surface area contributed by atoms with Crippen LogP contribution in [0.3, 0.4) is 0 Å². The first-order valence-electron chi connectivity index (χ1n) is 15.0. The number of nitrogens with two attached hydrogens (primary N) is 1. The number of ether oxygens (including phenoxy) is 2. The molecule has 0 aliphatic heterocycles. The van der Waals surface area contributed by atoms with Crippen LogP contribution in [0.15, 0.2) is 71.4 Å². The van der Waals surface area contributed by atoms with Gasteiger partial charge in [-0.25, -0.2) is 9.59 Å². The van der Waals surface area contributed by atoms with Gasteiger partial charge in [0, 0.05) is 36.3 Å². The molecule has 0 bridgehead atoms. The molecule has 12 nitrogen and oxygen atoms in total. The van der Waals surface area contributed by atoms with E-state index >= 15 is 0 Å². The molecule has 1 amide bonds. The number of aliphatic hydroxyl groups excluding tert-OH is 4. The van der Waals surface area contributed by atoms with Crippen LogP contribution in [-0.4, -0.2) is 86.0 Å². The van der Waals surface area contributed by atoms with Gasteiger partial charge >= 0.3 is 18.0 Å². The lowest BCUT2D eigenvalue weighted by atomic mass is 9.85. The fourth-order valence-corrected chi connectivity index (χ4v) is 4.69. The minimum atomic E-state index is -1.82. The molecule has 46 heavy (non-hydrogen) atoms. The number of hydrogen-bond donors (Lipinski definition) is 6. The first kappa shape index (κ1) is 40.5. The summed E-state index contributed by atoms with van der Waals surface area (Å²) in [6, 6.07) is 0. The van der Waals surface area contributed by atoms with Gasteiger partial charge in [0.25, 0.3) is 0 Å². The Morgan fingerprint density at radius 1 is 1.02 bits per heavy atom. The van der Waals surface area contributed by atoms with Gasteiger partial charge in [-0.3, -0.25) is 9.59 Å². The standard InChI is InChI=1S/C33H46ClNO11/c1-4-5-12-24(45-33(35)44)18-23(36)19-27(38)31(41)30(40)21(3)25(34)13-8-6-10-20(2)11-7-9-14-29(39)46-28-17-22(32(42)43)15-16-26(28)37/h5-14,21-24,26,28,30-31,36-37,40-41H,4,15-19H2,1-3H3,(H2,35,44)(H,42,43)/b8-6+,11-7+,12-5+,14-9+,20-10+,25-13-/t21-,22+,23+,24?,26+,28-,30-,31-/m1/s1. The van der Waals surface area contributed by atoms with Crippen LogP contribution in [0.2, 0.25) is 0 Å².